The Morgan fingerprint density at radius 2 is 2.09 bits per heavy atom. The van der Waals surface area contributed by atoms with Crippen molar-refractivity contribution in [3.8, 4) is 23.0 Å². The number of aromatic nitrogens is 4. The van der Waals surface area contributed by atoms with Crippen molar-refractivity contribution in [1.29, 1.82) is 0 Å². The molecule has 4 aliphatic heterocycles. The summed E-state index contributed by atoms with van der Waals surface area (Å²) in [5, 5.41) is 10.0. The molecule has 0 aliphatic carbocycles. The first-order valence-corrected chi connectivity index (χ1v) is 11.9. The second-order valence-corrected chi connectivity index (χ2v) is 9.52. The summed E-state index contributed by atoms with van der Waals surface area (Å²) in [6.45, 7) is 1.37. The number of nitrogen functional groups attached to an aromatic ring is 1. The molecule has 4 heterocycles. The average Bonchev–Trinajstić information content (AvgIpc) is 3.41. The first-order valence-electron chi connectivity index (χ1n) is 10.2. The maximum Gasteiger partial charge on any atom is 0.407 e. The van der Waals surface area contributed by atoms with Gasteiger partial charge in [-0.1, -0.05) is 0 Å². The van der Waals surface area contributed by atoms with Crippen LogP contribution in [0.15, 0.2) is 33.0 Å². The van der Waals surface area contributed by atoms with E-state index >= 15 is 0 Å². The van der Waals surface area contributed by atoms with Crippen LogP contribution in [0.1, 0.15) is 25.7 Å². The van der Waals surface area contributed by atoms with Gasteiger partial charge >= 0.3 is 6.09 Å². The fourth-order valence-corrected chi connectivity index (χ4v) is 5.41. The molecule has 168 valence electrons. The number of imidazole rings is 1. The number of carbonyl (C=O) groups is 1. The van der Waals surface area contributed by atoms with Gasteiger partial charge in [-0.05, 0) is 65.5 Å². The number of nitrogens with zero attached hydrogens (tertiary/aromatic N) is 5. The molecule has 12 heteroatoms. The highest BCUT2D eigenvalue weighted by Crippen LogP contribution is 2.43. The van der Waals surface area contributed by atoms with Crippen LogP contribution in [-0.4, -0.2) is 55.0 Å². The molecule has 1 fully saturated rings. The number of carboxylic acid groups (broad SMARTS) is 1. The third-order valence-corrected chi connectivity index (χ3v) is 7.52. The zero-order valence-electron chi connectivity index (χ0n) is 17.0. The summed E-state index contributed by atoms with van der Waals surface area (Å²) in [6.07, 6.45) is 4.28. The number of nitrogens with two attached hydrogens (primary N) is 1. The van der Waals surface area contributed by atoms with Crippen LogP contribution in [0.3, 0.4) is 0 Å². The number of aryl methyl sites for hydroxylation is 1. The van der Waals surface area contributed by atoms with Crippen LogP contribution < -0.4 is 15.2 Å². The first-order chi connectivity index (χ1) is 15.5. The van der Waals surface area contributed by atoms with Crippen molar-refractivity contribution < 1.29 is 19.4 Å². The van der Waals surface area contributed by atoms with Gasteiger partial charge in [0.05, 0.1) is 6.33 Å². The van der Waals surface area contributed by atoms with Gasteiger partial charge in [0.2, 0.25) is 6.79 Å². The monoisotopic (exact) mass is 520 g/mol. The molecule has 10 nitrogen and oxygen atoms in total. The second kappa shape index (κ2) is 8.66. The Balaban J connectivity index is 1.38. The minimum absolute atomic E-state index is 0.0114. The number of fused-ring (bicyclic) bond motifs is 2. The SMILES string of the molecule is Nc1ncn(CC[C@H]2CCCCN2C(=O)O)c2nc(Sc3cc4c(cc3Br)OCO4)nc1-2. The Morgan fingerprint density at radius 1 is 1.28 bits per heavy atom. The zero-order valence-corrected chi connectivity index (χ0v) is 19.4. The van der Waals surface area contributed by atoms with Gasteiger partial charge in [0.1, 0.15) is 0 Å². The van der Waals surface area contributed by atoms with Crippen LogP contribution in [0.2, 0.25) is 0 Å². The normalized spacial score (nSPS) is 17.8. The number of likely N-dealkylation sites (tertiary alicyclic amines) is 1. The quantitative estimate of drug-likeness (QED) is 0.513. The highest BCUT2D eigenvalue weighted by molar-refractivity contribution is 9.10. The molecule has 1 amide bonds. The van der Waals surface area contributed by atoms with Crippen LogP contribution in [0.5, 0.6) is 11.5 Å². The number of benzene rings is 1. The molecule has 32 heavy (non-hydrogen) atoms. The maximum absolute atomic E-state index is 11.6. The van der Waals surface area contributed by atoms with E-state index in [1.165, 1.54) is 11.8 Å². The summed E-state index contributed by atoms with van der Waals surface area (Å²) in [4.78, 5) is 27.5. The van der Waals surface area contributed by atoms with Crippen LogP contribution in [0.25, 0.3) is 11.5 Å². The molecule has 4 aliphatic rings. The van der Waals surface area contributed by atoms with Gasteiger partial charge in [0, 0.05) is 28.5 Å². The van der Waals surface area contributed by atoms with E-state index in [9.17, 15) is 9.90 Å². The molecular formula is C20H21BrN6O4S. The highest BCUT2D eigenvalue weighted by atomic mass is 79.9. The third kappa shape index (κ3) is 4.04. The van der Waals surface area contributed by atoms with Crippen molar-refractivity contribution in [3.63, 3.8) is 0 Å². The summed E-state index contributed by atoms with van der Waals surface area (Å²) < 4.78 is 13.6. The fourth-order valence-electron chi connectivity index (χ4n) is 4.06. The smallest absolute Gasteiger partial charge is 0.407 e. The Morgan fingerprint density at radius 3 is 2.91 bits per heavy atom. The number of hydrogen-bond acceptors (Lipinski definition) is 8. The lowest BCUT2D eigenvalue weighted by Crippen LogP contribution is -2.43. The van der Waals surface area contributed by atoms with Crippen LogP contribution in [0.4, 0.5) is 10.6 Å². The lowest BCUT2D eigenvalue weighted by molar-refractivity contribution is 0.102. The van der Waals surface area contributed by atoms with Crippen LogP contribution in [0, 0.1) is 0 Å². The van der Waals surface area contributed by atoms with Crippen LogP contribution in [-0.2, 0) is 6.54 Å². The summed E-state index contributed by atoms with van der Waals surface area (Å²) in [5.74, 6) is 2.32. The molecule has 5 rings (SSSR count). The van der Waals surface area contributed by atoms with Crippen molar-refractivity contribution in [2.75, 3.05) is 19.1 Å². The number of amides is 1. The van der Waals surface area contributed by atoms with Gasteiger partial charge < -0.3 is 29.8 Å². The maximum atomic E-state index is 11.6. The summed E-state index contributed by atoms with van der Waals surface area (Å²) in [7, 11) is 0. The van der Waals surface area contributed by atoms with E-state index in [0.717, 1.165) is 28.6 Å². The number of rotatable bonds is 5. The number of hydrogen-bond donors (Lipinski definition) is 2. The van der Waals surface area contributed by atoms with Gasteiger partial charge in [-0.15, -0.1) is 0 Å². The molecule has 0 unspecified atom stereocenters. The molecule has 1 saturated heterocycles. The minimum atomic E-state index is -0.860. The molecule has 0 radical (unpaired) electrons. The zero-order chi connectivity index (χ0) is 22.2. The average molecular weight is 521 g/mol. The minimum Gasteiger partial charge on any atom is -0.465 e. The van der Waals surface area contributed by atoms with Gasteiger partial charge in [0.25, 0.3) is 0 Å². The molecule has 0 saturated carbocycles. The van der Waals surface area contributed by atoms with E-state index in [4.69, 9.17) is 20.2 Å². The Hall–Kier alpha value is -2.73. The van der Waals surface area contributed by atoms with Crippen LogP contribution >= 0.6 is 27.7 Å². The summed E-state index contributed by atoms with van der Waals surface area (Å²) in [5.41, 5.74) is 6.60. The number of ether oxygens (including phenoxy) is 2. The predicted molar refractivity (Wildman–Crippen MR) is 120 cm³/mol. The fraction of sp³-hybridized carbons (Fsp3) is 0.400. The molecule has 3 N–H and O–H groups in total. The molecular weight excluding hydrogens is 500 g/mol. The van der Waals surface area contributed by atoms with E-state index in [-0.39, 0.29) is 12.8 Å². The molecule has 1 aromatic carbocycles. The summed E-state index contributed by atoms with van der Waals surface area (Å²) >= 11 is 4.95. The van der Waals surface area contributed by atoms with Gasteiger partial charge in [-0.2, -0.15) is 0 Å². The standard InChI is InChI=1S/C20H21BrN6O4S/c21-12-7-13-14(31-10-30-13)8-15(12)32-19-24-16-17(22)23-9-26(18(16)25-19)6-4-11-3-1-2-5-27(11)20(28)29/h7-9,11H,1-6,10,22H2,(H,28,29)/t11-/m1/s1. The van der Waals surface area contributed by atoms with Crippen molar-refractivity contribution in [3.05, 3.63) is 22.9 Å². The largest absolute Gasteiger partial charge is 0.465 e. The van der Waals surface area contributed by atoms with E-state index in [2.05, 4.69) is 25.9 Å². The lowest BCUT2D eigenvalue weighted by atomic mass is 10.00. The number of anilines is 1. The van der Waals surface area contributed by atoms with Gasteiger partial charge in [-0.25, -0.2) is 19.7 Å². The summed E-state index contributed by atoms with van der Waals surface area (Å²) in [6, 6.07) is 3.74. The Bertz CT molecular complexity index is 1140. The van der Waals surface area contributed by atoms with E-state index < -0.39 is 6.09 Å². The molecule has 1 atom stereocenters. The van der Waals surface area contributed by atoms with Crippen molar-refractivity contribution >= 4 is 39.6 Å². The predicted octanol–water partition coefficient (Wildman–Crippen LogP) is 3.93. The number of halogens is 1. The highest BCUT2D eigenvalue weighted by Gasteiger charge is 2.27. The number of piperidine rings is 1. The first kappa shape index (κ1) is 21.1. The topological polar surface area (TPSA) is 129 Å². The molecule has 0 spiro atoms. The Labute approximate surface area is 196 Å². The van der Waals surface area contributed by atoms with E-state index in [0.29, 0.717) is 53.5 Å². The van der Waals surface area contributed by atoms with Crippen molar-refractivity contribution in [2.24, 2.45) is 0 Å². The second-order valence-electron chi connectivity index (χ2n) is 7.65. The molecule has 0 aromatic heterocycles. The van der Waals surface area contributed by atoms with Crippen molar-refractivity contribution in [2.45, 2.75) is 48.3 Å². The third-order valence-electron chi connectivity index (χ3n) is 5.68. The van der Waals surface area contributed by atoms with E-state index in [1.807, 2.05) is 16.7 Å². The van der Waals surface area contributed by atoms with E-state index in [1.54, 1.807) is 11.2 Å². The van der Waals surface area contributed by atoms with Crippen molar-refractivity contribution in [1.82, 2.24) is 24.4 Å². The van der Waals surface area contributed by atoms with Gasteiger partial charge in [0.15, 0.2) is 34.0 Å². The molecule has 0 bridgehead atoms. The Kier molecular flexibility index (Phi) is 5.72. The lowest BCUT2D eigenvalue weighted by Gasteiger charge is -2.33. The molecule has 1 aromatic rings. The van der Waals surface area contributed by atoms with Gasteiger partial charge in [-0.3, -0.25) is 0 Å².